The maximum Gasteiger partial charge on any atom is 0.306 e. The fraction of sp³-hybridized carbons (Fsp3) is 0.628. The zero-order valence-corrected chi connectivity index (χ0v) is 34.4. The summed E-state index contributed by atoms with van der Waals surface area (Å²) in [5.74, 6) is -3.30. The highest BCUT2D eigenvalue weighted by Gasteiger charge is 2.62. The lowest BCUT2D eigenvalue weighted by Gasteiger charge is -2.32. The Kier molecular flexibility index (Phi) is 12.5. The Morgan fingerprint density at radius 2 is 1.72 bits per heavy atom. The molecule has 2 aliphatic heterocycles. The first-order chi connectivity index (χ1) is 28.0. The fourth-order valence-electron chi connectivity index (χ4n) is 9.47. The van der Waals surface area contributed by atoms with Crippen LogP contribution in [-0.2, 0) is 40.4 Å². The number of ether oxygens (including phenoxy) is 2. The molecule has 0 spiro atoms. The standard InChI is InChI=1S/C41H51N5O9S.C2H6/c1-2-27-23-41(27,40(51)44-56(52,53)29-18-19-29)43-36(48)32-21-28-24-46(32)39(50)31(25-11-6-7-12-25)22-35(47)55-33-16-10-14-26(33)13-4-3-5-15-30-37(54-28)42-34-17-8-9-20-45(34)38(30)49;1-2/h2-3,5,8-9,17,20,25-29,31-33H,1,4,6-7,10-16,18-19,21-24H2,(H,43,48)(H,44,51);1-2H3/t26-,27-,28-,31+,32+,33-,41-;/m1./s1. The smallest absolute Gasteiger partial charge is 0.306 e. The molecule has 7 atom stereocenters. The van der Waals surface area contributed by atoms with E-state index >= 15 is 0 Å². The lowest BCUT2D eigenvalue weighted by Crippen LogP contribution is -2.57. The molecule has 5 fully saturated rings. The largest absolute Gasteiger partial charge is 0.472 e. The molecule has 2 aromatic rings. The zero-order chi connectivity index (χ0) is 41.2. The van der Waals surface area contributed by atoms with Gasteiger partial charge < -0.3 is 19.7 Å². The summed E-state index contributed by atoms with van der Waals surface area (Å²) in [7, 11) is -3.91. The average molecular weight is 820 g/mol. The molecule has 8 rings (SSSR count). The molecule has 0 aromatic carbocycles. The van der Waals surface area contributed by atoms with Crippen molar-refractivity contribution in [3.63, 3.8) is 0 Å². The predicted molar refractivity (Wildman–Crippen MR) is 216 cm³/mol. The van der Waals surface area contributed by atoms with Crippen LogP contribution in [0.5, 0.6) is 5.88 Å². The summed E-state index contributed by atoms with van der Waals surface area (Å²) >= 11 is 0. The number of fused-ring (bicyclic) bond motifs is 5. The van der Waals surface area contributed by atoms with Crippen molar-refractivity contribution in [3.05, 3.63) is 65.1 Å². The van der Waals surface area contributed by atoms with Gasteiger partial charge in [0.25, 0.3) is 11.5 Å². The topological polar surface area (TPSA) is 183 Å². The lowest BCUT2D eigenvalue weighted by atomic mass is 9.86. The fourth-order valence-corrected chi connectivity index (χ4v) is 10.8. The van der Waals surface area contributed by atoms with Gasteiger partial charge in [-0.1, -0.05) is 51.0 Å². The number of nitrogens with zero attached hydrogens (tertiary/aromatic N) is 3. The summed E-state index contributed by atoms with van der Waals surface area (Å²) in [4.78, 5) is 76.7. The van der Waals surface area contributed by atoms with Gasteiger partial charge in [0.05, 0.1) is 29.7 Å². The Labute approximate surface area is 340 Å². The van der Waals surface area contributed by atoms with Crippen LogP contribution in [0.1, 0.15) is 109 Å². The van der Waals surface area contributed by atoms with E-state index in [1.807, 2.05) is 26.0 Å². The number of hydrogen-bond acceptors (Lipinski definition) is 10. The molecule has 14 nitrogen and oxygen atoms in total. The lowest BCUT2D eigenvalue weighted by molar-refractivity contribution is -0.156. The van der Waals surface area contributed by atoms with Crippen LogP contribution in [-0.4, -0.2) is 82.0 Å². The minimum atomic E-state index is -3.91. The van der Waals surface area contributed by atoms with Crippen LogP contribution in [0.15, 0.2) is 54.0 Å². The van der Waals surface area contributed by atoms with Crippen molar-refractivity contribution in [2.24, 2.45) is 23.7 Å². The van der Waals surface area contributed by atoms with Crippen LogP contribution in [0.2, 0.25) is 0 Å². The summed E-state index contributed by atoms with van der Waals surface area (Å²) < 4.78 is 41.8. The van der Waals surface area contributed by atoms with Gasteiger partial charge in [-0.05, 0) is 88.2 Å². The van der Waals surface area contributed by atoms with Crippen LogP contribution >= 0.6 is 0 Å². The van der Waals surface area contributed by atoms with Gasteiger partial charge >= 0.3 is 5.97 Å². The van der Waals surface area contributed by atoms with Crippen molar-refractivity contribution in [1.82, 2.24) is 24.3 Å². The van der Waals surface area contributed by atoms with Gasteiger partial charge in [-0.2, -0.15) is 4.98 Å². The predicted octanol–water partition coefficient (Wildman–Crippen LogP) is 4.54. The SMILES string of the molecule is C=C[C@@H]1C[C@]1(NC(=O)[C@@H]1C[C@@H]2CN1C(=O)[C@H](C1CCCC1)CC(=O)O[C@@H]1CCC[C@H]1CCC=CCc1c(nc3ccccn3c1=O)O2)C(=O)NS(=O)(=O)C1CC1.CC. The second kappa shape index (κ2) is 17.4. The number of carbonyl (C=O) groups is 4. The molecule has 314 valence electrons. The molecular formula is C43H57N5O9S. The van der Waals surface area contributed by atoms with Crippen molar-refractivity contribution in [2.75, 3.05) is 6.54 Å². The molecule has 2 bridgehead atoms. The highest BCUT2D eigenvalue weighted by Crippen LogP contribution is 2.46. The molecule has 15 heteroatoms. The highest BCUT2D eigenvalue weighted by atomic mass is 32.2. The van der Waals surface area contributed by atoms with Crippen molar-refractivity contribution < 1.29 is 37.1 Å². The monoisotopic (exact) mass is 819 g/mol. The summed E-state index contributed by atoms with van der Waals surface area (Å²) in [5.41, 5.74) is -1.12. The normalized spacial score (nSPS) is 30.4. The summed E-state index contributed by atoms with van der Waals surface area (Å²) in [6.07, 6.45) is 14.9. The van der Waals surface area contributed by atoms with E-state index in [2.05, 4.69) is 16.6 Å². The molecule has 4 aliphatic carbocycles. The first kappa shape index (κ1) is 41.6. The van der Waals surface area contributed by atoms with Crippen molar-refractivity contribution in [3.8, 4) is 5.88 Å². The molecule has 2 aromatic heterocycles. The highest BCUT2D eigenvalue weighted by molar-refractivity contribution is 7.91. The number of rotatable bonds is 7. The second-order valence-electron chi connectivity index (χ2n) is 16.6. The van der Waals surface area contributed by atoms with Gasteiger partial charge in [0.15, 0.2) is 0 Å². The molecule has 2 N–H and O–H groups in total. The van der Waals surface area contributed by atoms with E-state index < -0.39 is 62.6 Å². The molecule has 3 amide bonds. The number of sulfonamides is 1. The van der Waals surface area contributed by atoms with Crippen LogP contribution in [0.25, 0.3) is 5.65 Å². The molecular weight excluding hydrogens is 763 g/mol. The van der Waals surface area contributed by atoms with Crippen LogP contribution in [0.4, 0.5) is 0 Å². The van der Waals surface area contributed by atoms with Crippen LogP contribution in [0.3, 0.4) is 0 Å². The maximum atomic E-state index is 14.9. The molecule has 1 saturated heterocycles. The van der Waals surface area contributed by atoms with E-state index in [9.17, 15) is 32.4 Å². The third kappa shape index (κ3) is 8.60. The van der Waals surface area contributed by atoms with E-state index in [0.717, 1.165) is 57.8 Å². The van der Waals surface area contributed by atoms with E-state index in [-0.39, 0.29) is 67.5 Å². The summed E-state index contributed by atoms with van der Waals surface area (Å²) in [5, 5.41) is 2.19. The van der Waals surface area contributed by atoms with Crippen molar-refractivity contribution in [1.29, 1.82) is 0 Å². The van der Waals surface area contributed by atoms with Gasteiger partial charge in [-0.15, -0.1) is 6.58 Å². The molecule has 0 radical (unpaired) electrons. The first-order valence-corrected chi connectivity index (χ1v) is 22.8. The zero-order valence-electron chi connectivity index (χ0n) is 33.6. The Bertz CT molecular complexity index is 2110. The van der Waals surface area contributed by atoms with Gasteiger partial charge in [0.2, 0.25) is 27.7 Å². The van der Waals surface area contributed by atoms with Gasteiger partial charge in [0, 0.05) is 25.0 Å². The second-order valence-corrected chi connectivity index (χ2v) is 18.6. The molecule has 4 saturated carbocycles. The maximum absolute atomic E-state index is 14.9. The number of hydrogen-bond donors (Lipinski definition) is 2. The number of aromatic nitrogens is 2. The minimum absolute atomic E-state index is 0.00507. The molecule has 58 heavy (non-hydrogen) atoms. The van der Waals surface area contributed by atoms with Crippen molar-refractivity contribution >= 4 is 39.4 Å². The van der Waals surface area contributed by atoms with Gasteiger partial charge in [0.1, 0.15) is 29.4 Å². The van der Waals surface area contributed by atoms with E-state index in [4.69, 9.17) is 14.5 Å². The van der Waals surface area contributed by atoms with E-state index in [0.29, 0.717) is 24.1 Å². The van der Waals surface area contributed by atoms with E-state index in [1.54, 1.807) is 24.4 Å². The van der Waals surface area contributed by atoms with E-state index in [1.165, 1.54) is 15.4 Å². The van der Waals surface area contributed by atoms with Gasteiger partial charge in [-0.3, -0.25) is 33.1 Å². The Balaban J connectivity index is 0.00000252. The van der Waals surface area contributed by atoms with Gasteiger partial charge in [-0.25, -0.2) is 8.42 Å². The Morgan fingerprint density at radius 1 is 0.966 bits per heavy atom. The third-order valence-corrected chi connectivity index (χ3v) is 14.7. The van der Waals surface area contributed by atoms with Crippen LogP contribution in [0, 0.1) is 23.7 Å². The van der Waals surface area contributed by atoms with Crippen molar-refractivity contribution in [2.45, 2.75) is 139 Å². The number of allylic oxidation sites excluding steroid dienone is 2. The molecule has 0 unspecified atom stereocenters. The summed E-state index contributed by atoms with van der Waals surface area (Å²) in [6, 6.07) is 4.09. The number of nitrogens with one attached hydrogen (secondary N) is 2. The number of amides is 3. The quantitative estimate of drug-likeness (QED) is 0.297. The Morgan fingerprint density at radius 3 is 2.45 bits per heavy atom. The number of pyridine rings is 1. The number of esters is 1. The first-order valence-electron chi connectivity index (χ1n) is 21.3. The number of carbonyl (C=O) groups excluding carboxylic acids is 4. The molecule has 4 heterocycles. The minimum Gasteiger partial charge on any atom is -0.472 e. The average Bonchev–Trinajstić information content (AvgIpc) is 4.00. The third-order valence-electron chi connectivity index (χ3n) is 12.9. The van der Waals surface area contributed by atoms with Crippen LogP contribution < -0.4 is 20.3 Å². The summed E-state index contributed by atoms with van der Waals surface area (Å²) in [6.45, 7) is 7.76. The molecule has 6 aliphatic rings. The Hall–Kier alpha value is -4.53.